The van der Waals surface area contributed by atoms with Crippen molar-refractivity contribution in [3.63, 3.8) is 0 Å². The second kappa shape index (κ2) is 6.39. The topological polar surface area (TPSA) is 29.5 Å². The van der Waals surface area contributed by atoms with Crippen LogP contribution in [0.5, 0.6) is 5.75 Å². The highest BCUT2D eigenvalue weighted by molar-refractivity contribution is 5.39. The largest absolute Gasteiger partial charge is 0.496 e. The number of aliphatic hydroxyl groups is 1. The van der Waals surface area contributed by atoms with E-state index >= 15 is 0 Å². The van der Waals surface area contributed by atoms with Gasteiger partial charge in [-0.25, -0.2) is 0 Å². The first-order valence-corrected chi connectivity index (χ1v) is 6.63. The lowest BCUT2D eigenvalue weighted by Crippen LogP contribution is -2.05. The zero-order valence-electron chi connectivity index (χ0n) is 11.5. The summed E-state index contributed by atoms with van der Waals surface area (Å²) >= 11 is 0. The maximum absolute atomic E-state index is 10.4. The quantitative estimate of drug-likeness (QED) is 0.886. The first kappa shape index (κ1) is 13.6. The van der Waals surface area contributed by atoms with E-state index in [1.807, 2.05) is 48.5 Å². The number of aliphatic hydroxyl groups excluding tert-OH is 1. The number of rotatable bonds is 5. The lowest BCUT2D eigenvalue weighted by Gasteiger charge is -2.16. The zero-order valence-corrected chi connectivity index (χ0v) is 11.5. The van der Waals surface area contributed by atoms with Gasteiger partial charge in [0.2, 0.25) is 0 Å². The second-order valence-electron chi connectivity index (χ2n) is 4.64. The Morgan fingerprint density at radius 1 is 1.05 bits per heavy atom. The molecule has 2 rings (SSSR count). The third-order valence-electron chi connectivity index (χ3n) is 3.33. The average molecular weight is 256 g/mol. The molecule has 0 radical (unpaired) electrons. The van der Waals surface area contributed by atoms with Gasteiger partial charge in [-0.2, -0.15) is 0 Å². The molecule has 2 aromatic rings. The van der Waals surface area contributed by atoms with Gasteiger partial charge < -0.3 is 9.84 Å². The third kappa shape index (κ3) is 3.36. The molecule has 0 saturated carbocycles. The van der Waals surface area contributed by atoms with Crippen LogP contribution in [-0.2, 0) is 12.8 Å². The van der Waals surface area contributed by atoms with Crippen LogP contribution in [-0.4, -0.2) is 12.2 Å². The summed E-state index contributed by atoms with van der Waals surface area (Å²) in [6.07, 6.45) is 1.02. The van der Waals surface area contributed by atoms with Crippen molar-refractivity contribution in [1.82, 2.24) is 0 Å². The van der Waals surface area contributed by atoms with Gasteiger partial charge >= 0.3 is 0 Å². The average Bonchev–Trinajstić information content (AvgIpc) is 2.47. The molecule has 0 spiro atoms. The molecule has 1 unspecified atom stereocenters. The molecular weight excluding hydrogens is 236 g/mol. The summed E-state index contributed by atoms with van der Waals surface area (Å²) in [6, 6.07) is 16.0. The molecule has 0 bridgehead atoms. The van der Waals surface area contributed by atoms with Crippen molar-refractivity contribution in [2.24, 2.45) is 0 Å². The Morgan fingerprint density at radius 3 is 2.42 bits per heavy atom. The first-order valence-electron chi connectivity index (χ1n) is 6.63. The van der Waals surface area contributed by atoms with Gasteiger partial charge in [0.15, 0.2) is 0 Å². The molecule has 0 fully saturated rings. The Balaban J connectivity index is 2.24. The van der Waals surface area contributed by atoms with Crippen LogP contribution in [0.15, 0.2) is 48.5 Å². The monoisotopic (exact) mass is 256 g/mol. The minimum Gasteiger partial charge on any atom is -0.496 e. The number of ether oxygens (including phenoxy) is 1. The van der Waals surface area contributed by atoms with Crippen molar-refractivity contribution in [3.8, 4) is 5.75 Å². The fourth-order valence-corrected chi connectivity index (χ4v) is 2.21. The van der Waals surface area contributed by atoms with Crippen LogP contribution in [0.4, 0.5) is 0 Å². The van der Waals surface area contributed by atoms with Gasteiger partial charge in [-0.05, 0) is 29.7 Å². The predicted octanol–water partition coefficient (Wildman–Crippen LogP) is 3.53. The van der Waals surface area contributed by atoms with Gasteiger partial charge in [-0.3, -0.25) is 0 Å². The molecule has 0 aliphatic rings. The highest BCUT2D eigenvalue weighted by atomic mass is 16.5. The Bertz CT molecular complexity index is 520. The standard InChI is InChI=1S/C17H20O2/c1-3-13-9-10-17(19-2)15(11-13)16(18)12-14-7-5-4-6-8-14/h4-11,16,18H,3,12H2,1-2H3. The smallest absolute Gasteiger partial charge is 0.124 e. The lowest BCUT2D eigenvalue weighted by atomic mass is 9.98. The molecule has 2 nitrogen and oxygen atoms in total. The third-order valence-corrected chi connectivity index (χ3v) is 3.33. The number of hydrogen-bond acceptors (Lipinski definition) is 2. The maximum Gasteiger partial charge on any atom is 0.124 e. The van der Waals surface area contributed by atoms with E-state index < -0.39 is 6.10 Å². The molecule has 2 aromatic carbocycles. The fraction of sp³-hybridized carbons (Fsp3) is 0.294. The zero-order chi connectivity index (χ0) is 13.7. The Hall–Kier alpha value is -1.80. The molecule has 1 atom stereocenters. The minimum atomic E-state index is -0.538. The molecule has 0 aliphatic carbocycles. The maximum atomic E-state index is 10.4. The van der Waals surface area contributed by atoms with E-state index in [0.29, 0.717) is 6.42 Å². The van der Waals surface area contributed by atoms with E-state index in [1.54, 1.807) is 7.11 Å². The van der Waals surface area contributed by atoms with Crippen LogP contribution in [0.3, 0.4) is 0 Å². The van der Waals surface area contributed by atoms with Crippen molar-refractivity contribution in [1.29, 1.82) is 0 Å². The van der Waals surface area contributed by atoms with Gasteiger partial charge in [-0.15, -0.1) is 0 Å². The summed E-state index contributed by atoms with van der Waals surface area (Å²) in [7, 11) is 1.64. The predicted molar refractivity (Wildman–Crippen MR) is 77.5 cm³/mol. The van der Waals surface area contributed by atoms with Gasteiger partial charge in [0.25, 0.3) is 0 Å². The van der Waals surface area contributed by atoms with Crippen LogP contribution in [0.25, 0.3) is 0 Å². The van der Waals surface area contributed by atoms with Crippen molar-refractivity contribution in [3.05, 3.63) is 65.2 Å². The molecule has 0 heterocycles. The van der Waals surface area contributed by atoms with Gasteiger partial charge in [0.1, 0.15) is 5.75 Å². The summed E-state index contributed by atoms with van der Waals surface area (Å²) in [6.45, 7) is 2.11. The molecule has 0 saturated heterocycles. The summed E-state index contributed by atoms with van der Waals surface area (Å²) in [5.41, 5.74) is 3.20. The van der Waals surface area contributed by atoms with Gasteiger partial charge in [0.05, 0.1) is 13.2 Å². The summed E-state index contributed by atoms with van der Waals surface area (Å²) in [4.78, 5) is 0. The van der Waals surface area contributed by atoms with Crippen LogP contribution in [0.1, 0.15) is 29.7 Å². The van der Waals surface area contributed by atoms with E-state index in [4.69, 9.17) is 4.74 Å². The highest BCUT2D eigenvalue weighted by Gasteiger charge is 2.14. The molecule has 100 valence electrons. The number of benzene rings is 2. The molecule has 19 heavy (non-hydrogen) atoms. The van der Waals surface area contributed by atoms with Crippen molar-refractivity contribution >= 4 is 0 Å². The normalized spacial score (nSPS) is 12.2. The van der Waals surface area contributed by atoms with E-state index in [9.17, 15) is 5.11 Å². The molecule has 0 aromatic heterocycles. The van der Waals surface area contributed by atoms with Crippen LogP contribution >= 0.6 is 0 Å². The second-order valence-corrected chi connectivity index (χ2v) is 4.64. The van der Waals surface area contributed by atoms with Crippen LogP contribution < -0.4 is 4.74 Å². The van der Waals surface area contributed by atoms with E-state index in [0.717, 1.165) is 23.3 Å². The SMILES string of the molecule is CCc1ccc(OC)c(C(O)Cc2ccccc2)c1. The molecule has 0 amide bonds. The van der Waals surface area contributed by atoms with E-state index in [2.05, 4.69) is 6.92 Å². The van der Waals surface area contributed by atoms with Gasteiger partial charge in [0, 0.05) is 12.0 Å². The fourth-order valence-electron chi connectivity index (χ4n) is 2.21. The van der Waals surface area contributed by atoms with E-state index in [-0.39, 0.29) is 0 Å². The minimum absolute atomic E-state index is 0.538. The molecule has 0 aliphatic heterocycles. The van der Waals surface area contributed by atoms with Crippen molar-refractivity contribution in [2.75, 3.05) is 7.11 Å². The number of aryl methyl sites for hydroxylation is 1. The van der Waals surface area contributed by atoms with Crippen molar-refractivity contribution in [2.45, 2.75) is 25.9 Å². The van der Waals surface area contributed by atoms with Crippen LogP contribution in [0.2, 0.25) is 0 Å². The molecule has 1 N–H and O–H groups in total. The van der Waals surface area contributed by atoms with Crippen LogP contribution in [0, 0.1) is 0 Å². The Labute approximate surface area is 114 Å². The highest BCUT2D eigenvalue weighted by Crippen LogP contribution is 2.28. The van der Waals surface area contributed by atoms with Crippen molar-refractivity contribution < 1.29 is 9.84 Å². The molecular formula is C17H20O2. The summed E-state index contributed by atoms with van der Waals surface area (Å²) < 4.78 is 5.34. The Kier molecular flexibility index (Phi) is 4.58. The number of methoxy groups -OCH3 is 1. The number of hydrogen-bond donors (Lipinski definition) is 1. The van der Waals surface area contributed by atoms with Gasteiger partial charge in [-0.1, -0.05) is 43.3 Å². The molecule has 2 heteroatoms. The first-order chi connectivity index (χ1) is 9.24. The summed E-state index contributed by atoms with van der Waals surface area (Å²) in [5, 5.41) is 10.4. The lowest BCUT2D eigenvalue weighted by molar-refractivity contribution is 0.174. The Morgan fingerprint density at radius 2 is 1.79 bits per heavy atom. The summed E-state index contributed by atoms with van der Waals surface area (Å²) in [5.74, 6) is 0.751. The van der Waals surface area contributed by atoms with E-state index in [1.165, 1.54) is 5.56 Å².